The van der Waals surface area contributed by atoms with Crippen LogP contribution in [-0.4, -0.2) is 42.8 Å². The molecule has 0 fully saturated rings. The first kappa shape index (κ1) is 16.8. The molecule has 0 unspecified atom stereocenters. The fraction of sp³-hybridized carbons (Fsp3) is 0.600. The number of hydrogen-bond donors (Lipinski definition) is 5. The third-order valence-electron chi connectivity index (χ3n) is 2.10. The van der Waals surface area contributed by atoms with E-state index in [0.717, 1.165) is 0 Å². The molecule has 0 aromatic rings. The molecule has 0 aliphatic heterocycles. The molecular formula is C10H19N5O4. The van der Waals surface area contributed by atoms with Crippen LogP contribution in [0.15, 0.2) is 0 Å². The standard InChI is InChI=1S/C10H19N5O4/c11-6(4-7(12)16)10(19)14-3-1-2-9(18)15-5-8(13)17/h6H,1-5,11H2,(H2,12,16)(H2,13,17)(H,14,19)(H,15,18)/t6-/m0/s1. The van der Waals surface area contributed by atoms with Crippen LogP contribution < -0.4 is 27.8 Å². The lowest BCUT2D eigenvalue weighted by atomic mass is 10.2. The third kappa shape index (κ3) is 9.53. The number of nitrogens with one attached hydrogen (secondary N) is 2. The Labute approximate surface area is 110 Å². The molecule has 0 aliphatic carbocycles. The van der Waals surface area contributed by atoms with Crippen LogP contribution in [0.1, 0.15) is 19.3 Å². The van der Waals surface area contributed by atoms with Crippen molar-refractivity contribution in [2.75, 3.05) is 13.1 Å². The molecule has 1 atom stereocenters. The topological polar surface area (TPSA) is 170 Å². The molecule has 0 aromatic heterocycles. The van der Waals surface area contributed by atoms with Gasteiger partial charge in [0.25, 0.3) is 0 Å². The highest BCUT2D eigenvalue weighted by Crippen LogP contribution is 1.90. The number of amides is 4. The minimum atomic E-state index is -0.985. The van der Waals surface area contributed by atoms with Crippen LogP contribution in [0.25, 0.3) is 0 Å². The molecule has 0 aromatic carbocycles. The fourth-order valence-corrected chi connectivity index (χ4v) is 1.18. The average molecular weight is 273 g/mol. The highest BCUT2D eigenvalue weighted by molar-refractivity contribution is 5.87. The molecule has 0 spiro atoms. The quantitative estimate of drug-likeness (QED) is 0.276. The van der Waals surface area contributed by atoms with Crippen LogP contribution in [0.5, 0.6) is 0 Å². The summed E-state index contributed by atoms with van der Waals surface area (Å²) in [6.45, 7) is 0.0178. The Kier molecular flexibility index (Phi) is 7.85. The van der Waals surface area contributed by atoms with Gasteiger partial charge in [0.05, 0.1) is 19.0 Å². The van der Waals surface area contributed by atoms with Crippen LogP contribution in [0.4, 0.5) is 0 Å². The number of rotatable bonds is 9. The summed E-state index contributed by atoms with van der Waals surface area (Å²) in [5.41, 5.74) is 15.1. The van der Waals surface area contributed by atoms with Crippen molar-refractivity contribution in [3.8, 4) is 0 Å². The van der Waals surface area contributed by atoms with Crippen molar-refractivity contribution in [3.05, 3.63) is 0 Å². The van der Waals surface area contributed by atoms with Gasteiger partial charge in [-0.25, -0.2) is 0 Å². The summed E-state index contributed by atoms with van der Waals surface area (Å²) in [6.07, 6.45) is 0.281. The van der Waals surface area contributed by atoms with Crippen LogP contribution in [0.3, 0.4) is 0 Å². The highest BCUT2D eigenvalue weighted by atomic mass is 16.2. The Morgan fingerprint density at radius 2 is 1.63 bits per heavy atom. The van der Waals surface area contributed by atoms with Gasteiger partial charge >= 0.3 is 0 Å². The monoisotopic (exact) mass is 273 g/mol. The van der Waals surface area contributed by atoms with Crippen molar-refractivity contribution < 1.29 is 19.2 Å². The number of nitrogens with two attached hydrogens (primary N) is 3. The van der Waals surface area contributed by atoms with Crippen molar-refractivity contribution in [2.24, 2.45) is 17.2 Å². The first-order chi connectivity index (χ1) is 8.82. The molecule has 0 saturated carbocycles. The van der Waals surface area contributed by atoms with Crippen molar-refractivity contribution >= 4 is 23.6 Å². The zero-order valence-electron chi connectivity index (χ0n) is 10.5. The van der Waals surface area contributed by atoms with Gasteiger partial charge in [0, 0.05) is 13.0 Å². The van der Waals surface area contributed by atoms with Gasteiger partial charge in [-0.05, 0) is 6.42 Å². The second-order valence-electron chi connectivity index (χ2n) is 3.91. The van der Waals surface area contributed by atoms with Crippen molar-refractivity contribution in [2.45, 2.75) is 25.3 Å². The average Bonchev–Trinajstić information content (AvgIpc) is 2.30. The van der Waals surface area contributed by atoms with Gasteiger partial charge < -0.3 is 27.8 Å². The van der Waals surface area contributed by atoms with E-state index in [2.05, 4.69) is 10.6 Å². The van der Waals surface area contributed by atoms with E-state index in [1.807, 2.05) is 0 Å². The zero-order valence-corrected chi connectivity index (χ0v) is 10.5. The number of hydrogen-bond acceptors (Lipinski definition) is 5. The SMILES string of the molecule is NC(=O)CNC(=O)CCCNC(=O)[C@@H](N)CC(N)=O. The summed E-state index contributed by atoms with van der Waals surface area (Å²) in [5.74, 6) is -2.13. The molecular weight excluding hydrogens is 254 g/mol. The summed E-state index contributed by atoms with van der Waals surface area (Å²) in [6, 6.07) is -0.985. The van der Waals surface area contributed by atoms with Crippen LogP contribution >= 0.6 is 0 Å². The predicted molar refractivity (Wildman–Crippen MR) is 66.2 cm³/mol. The largest absolute Gasteiger partial charge is 0.370 e. The lowest BCUT2D eigenvalue weighted by Gasteiger charge is -2.10. The number of primary amides is 2. The summed E-state index contributed by atoms with van der Waals surface area (Å²) >= 11 is 0. The molecule has 0 radical (unpaired) electrons. The predicted octanol–water partition coefficient (Wildman–Crippen LogP) is -3.31. The molecule has 108 valence electrons. The number of carbonyl (C=O) groups excluding carboxylic acids is 4. The lowest BCUT2D eigenvalue weighted by molar-refractivity contribution is -0.126. The molecule has 0 bridgehead atoms. The third-order valence-corrected chi connectivity index (χ3v) is 2.10. The molecule has 19 heavy (non-hydrogen) atoms. The second-order valence-corrected chi connectivity index (χ2v) is 3.91. The van der Waals surface area contributed by atoms with Crippen LogP contribution in [0.2, 0.25) is 0 Å². The fourth-order valence-electron chi connectivity index (χ4n) is 1.18. The smallest absolute Gasteiger partial charge is 0.237 e. The maximum atomic E-state index is 11.3. The van der Waals surface area contributed by atoms with Gasteiger partial charge in [-0.2, -0.15) is 0 Å². The highest BCUT2D eigenvalue weighted by Gasteiger charge is 2.15. The van der Waals surface area contributed by atoms with E-state index in [0.29, 0.717) is 6.42 Å². The van der Waals surface area contributed by atoms with Crippen molar-refractivity contribution in [1.29, 1.82) is 0 Å². The van der Waals surface area contributed by atoms with Gasteiger partial charge in [0.1, 0.15) is 0 Å². The minimum absolute atomic E-state index is 0.138. The van der Waals surface area contributed by atoms with Gasteiger partial charge in [0.15, 0.2) is 0 Å². The molecule has 9 heteroatoms. The van der Waals surface area contributed by atoms with E-state index in [1.165, 1.54) is 0 Å². The molecule has 8 N–H and O–H groups in total. The summed E-state index contributed by atoms with van der Waals surface area (Å²) in [4.78, 5) is 43.4. The van der Waals surface area contributed by atoms with Gasteiger partial charge in [-0.3, -0.25) is 19.2 Å². The van der Waals surface area contributed by atoms with E-state index in [1.54, 1.807) is 0 Å². The summed E-state index contributed by atoms with van der Waals surface area (Å²) in [7, 11) is 0. The minimum Gasteiger partial charge on any atom is -0.370 e. The van der Waals surface area contributed by atoms with Crippen molar-refractivity contribution in [1.82, 2.24) is 10.6 Å². The second kappa shape index (κ2) is 8.86. The van der Waals surface area contributed by atoms with Crippen LogP contribution in [-0.2, 0) is 19.2 Å². The maximum Gasteiger partial charge on any atom is 0.237 e. The molecule has 4 amide bonds. The van der Waals surface area contributed by atoms with Gasteiger partial charge in [-0.1, -0.05) is 0 Å². The van der Waals surface area contributed by atoms with E-state index in [9.17, 15) is 19.2 Å². The maximum absolute atomic E-state index is 11.3. The first-order valence-corrected chi connectivity index (χ1v) is 5.69. The van der Waals surface area contributed by atoms with Gasteiger partial charge in [0.2, 0.25) is 23.6 Å². The van der Waals surface area contributed by atoms with E-state index in [4.69, 9.17) is 17.2 Å². The Hall–Kier alpha value is -2.16. The van der Waals surface area contributed by atoms with E-state index >= 15 is 0 Å². The van der Waals surface area contributed by atoms with Crippen molar-refractivity contribution in [3.63, 3.8) is 0 Å². The van der Waals surface area contributed by atoms with E-state index < -0.39 is 23.8 Å². The Morgan fingerprint density at radius 3 is 2.16 bits per heavy atom. The molecule has 0 saturated heterocycles. The normalized spacial score (nSPS) is 11.4. The Morgan fingerprint density at radius 1 is 1.00 bits per heavy atom. The molecule has 0 rings (SSSR count). The summed E-state index contributed by atoms with van der Waals surface area (Å²) < 4.78 is 0. The molecule has 0 heterocycles. The Bertz CT molecular complexity index is 358. The molecule has 9 nitrogen and oxygen atoms in total. The molecule has 0 aliphatic rings. The van der Waals surface area contributed by atoms with Crippen LogP contribution in [0, 0.1) is 0 Å². The van der Waals surface area contributed by atoms with E-state index in [-0.39, 0.29) is 31.8 Å². The zero-order chi connectivity index (χ0) is 14.8. The van der Waals surface area contributed by atoms with Gasteiger partial charge in [-0.15, -0.1) is 0 Å². The first-order valence-electron chi connectivity index (χ1n) is 5.69. The lowest BCUT2D eigenvalue weighted by Crippen LogP contribution is -2.43. The number of carbonyl (C=O) groups is 4. The Balaban J connectivity index is 3.68. The summed E-state index contributed by atoms with van der Waals surface area (Å²) in [5, 5.41) is 4.77.